The average molecular weight is 467 g/mol. The molecule has 1 spiro atoms. The number of alkyl halides is 1. The van der Waals surface area contributed by atoms with Crippen LogP contribution in [0.5, 0.6) is 0 Å². The second-order valence-corrected chi connectivity index (χ2v) is 11.2. The lowest BCUT2D eigenvalue weighted by molar-refractivity contribution is -0.181. The maximum Gasteiger partial charge on any atom is 0.316 e. The summed E-state index contributed by atoms with van der Waals surface area (Å²) < 4.78 is 38.9. The Balaban J connectivity index is 1.69. The lowest BCUT2D eigenvalue weighted by Crippen LogP contribution is -2.54. The number of carbonyl (C=O) groups excluding carboxylic acids is 4. The Morgan fingerprint density at radius 1 is 1.06 bits per heavy atom. The van der Waals surface area contributed by atoms with Gasteiger partial charge < -0.3 is 18.9 Å². The van der Waals surface area contributed by atoms with E-state index in [1.54, 1.807) is 6.92 Å². The van der Waals surface area contributed by atoms with Gasteiger partial charge in [-0.3, -0.25) is 19.2 Å². The summed E-state index contributed by atoms with van der Waals surface area (Å²) in [5.41, 5.74) is -6.32. The van der Waals surface area contributed by atoms with Crippen molar-refractivity contribution in [1.29, 1.82) is 0 Å². The molecule has 33 heavy (non-hydrogen) atoms. The van der Waals surface area contributed by atoms with Crippen LogP contribution in [0.1, 0.15) is 66.2 Å². The van der Waals surface area contributed by atoms with E-state index in [9.17, 15) is 19.2 Å². The van der Waals surface area contributed by atoms with Crippen LogP contribution in [0.25, 0.3) is 0 Å². The summed E-state index contributed by atoms with van der Waals surface area (Å²) in [6, 6.07) is 0. The molecule has 8 nitrogen and oxygen atoms in total. The minimum Gasteiger partial charge on any atom is -0.469 e. The van der Waals surface area contributed by atoms with Gasteiger partial charge in [0.2, 0.25) is 0 Å². The largest absolute Gasteiger partial charge is 0.469 e. The molecule has 0 aromatic heterocycles. The molecule has 0 N–H and O–H groups in total. The number of esters is 4. The van der Waals surface area contributed by atoms with E-state index >= 15 is 4.39 Å². The summed E-state index contributed by atoms with van der Waals surface area (Å²) in [5, 5.41) is 0. The zero-order valence-electron chi connectivity index (χ0n) is 19.7. The molecule has 5 rings (SSSR count). The average Bonchev–Trinajstić information content (AvgIpc) is 3.10. The van der Waals surface area contributed by atoms with E-state index in [-0.39, 0.29) is 25.2 Å². The van der Waals surface area contributed by atoms with Crippen LogP contribution >= 0.6 is 0 Å². The first-order chi connectivity index (χ1) is 15.3. The fourth-order valence-corrected chi connectivity index (χ4v) is 8.93. The number of rotatable bonds is 3. The third-order valence-electron chi connectivity index (χ3n) is 9.76. The zero-order chi connectivity index (χ0) is 24.2. The minimum atomic E-state index is -1.86. The van der Waals surface area contributed by atoms with E-state index in [4.69, 9.17) is 18.9 Å². The Hall–Kier alpha value is -2.19. The van der Waals surface area contributed by atoms with Gasteiger partial charge in [-0.25, -0.2) is 4.39 Å². The lowest BCUT2D eigenvalue weighted by Gasteiger charge is -2.47. The summed E-state index contributed by atoms with van der Waals surface area (Å²) in [6.45, 7) is 5.69. The number of methoxy groups -OCH3 is 1. The van der Waals surface area contributed by atoms with E-state index in [0.717, 1.165) is 0 Å². The van der Waals surface area contributed by atoms with Crippen LogP contribution in [0, 0.1) is 28.6 Å². The Morgan fingerprint density at radius 3 is 2.36 bits per heavy atom. The quantitative estimate of drug-likeness (QED) is 0.462. The summed E-state index contributed by atoms with van der Waals surface area (Å²) in [6.07, 6.45) is 1.00. The molecular weight excluding hydrogens is 435 g/mol. The van der Waals surface area contributed by atoms with Crippen LogP contribution in [0.3, 0.4) is 0 Å². The van der Waals surface area contributed by atoms with E-state index in [1.807, 2.05) is 0 Å². The number of ether oxygens (including phenoxy) is 4. The predicted octanol–water partition coefficient (Wildman–Crippen LogP) is 2.65. The molecule has 5 fully saturated rings. The molecule has 2 unspecified atom stereocenters. The van der Waals surface area contributed by atoms with Crippen molar-refractivity contribution < 1.29 is 42.5 Å². The lowest BCUT2D eigenvalue weighted by atomic mass is 9.58. The molecule has 1 saturated heterocycles. The molecular formula is C24H31FO8. The molecule has 1 aliphatic heterocycles. The van der Waals surface area contributed by atoms with Gasteiger partial charge in [-0.15, -0.1) is 0 Å². The molecule has 0 aromatic rings. The van der Waals surface area contributed by atoms with Crippen molar-refractivity contribution in [1.82, 2.24) is 0 Å². The molecule has 9 heteroatoms. The highest BCUT2D eigenvalue weighted by Crippen LogP contribution is 2.80. The molecule has 1 heterocycles. The van der Waals surface area contributed by atoms with Crippen molar-refractivity contribution in [3.8, 4) is 0 Å². The maximum absolute atomic E-state index is 16.3. The third kappa shape index (κ3) is 2.46. The van der Waals surface area contributed by atoms with Gasteiger partial charge in [0.05, 0.1) is 13.0 Å². The Bertz CT molecular complexity index is 962. The van der Waals surface area contributed by atoms with Crippen molar-refractivity contribution in [2.45, 2.75) is 89.2 Å². The topological polar surface area (TPSA) is 105 Å². The standard InChI is InChI=1S/C24H31FO8/c1-12(26)31-15-7-9-24-14-6-8-23(32-13(2)27)11-22(14,10-20(23,3)25)16(18(28)30-5)17(24)21(15,4)19(29)33-24/h14-17H,6-11H2,1-5H3/t14?,15-,16+,17+,20+,21?,22-,23-,24+/m0/s1. The van der Waals surface area contributed by atoms with Gasteiger partial charge in [0, 0.05) is 25.7 Å². The van der Waals surface area contributed by atoms with Crippen molar-refractivity contribution in [3.63, 3.8) is 0 Å². The Labute approximate surface area is 191 Å². The van der Waals surface area contributed by atoms with Gasteiger partial charge in [0.1, 0.15) is 28.4 Å². The Kier molecular flexibility index (Phi) is 4.43. The third-order valence-corrected chi connectivity index (χ3v) is 9.76. The first kappa shape index (κ1) is 22.6. The second kappa shape index (κ2) is 6.48. The van der Waals surface area contributed by atoms with Gasteiger partial charge in [-0.2, -0.15) is 0 Å². The number of halogens is 1. The minimum absolute atomic E-state index is 0.00181. The zero-order valence-corrected chi connectivity index (χ0v) is 19.7. The van der Waals surface area contributed by atoms with Crippen molar-refractivity contribution in [2.24, 2.45) is 28.6 Å². The van der Waals surface area contributed by atoms with Crippen molar-refractivity contribution in [3.05, 3.63) is 0 Å². The highest BCUT2D eigenvalue weighted by atomic mass is 19.1. The Morgan fingerprint density at radius 2 is 1.76 bits per heavy atom. The molecule has 0 amide bonds. The molecule has 4 bridgehead atoms. The number of hydrogen-bond acceptors (Lipinski definition) is 8. The second-order valence-electron chi connectivity index (χ2n) is 11.2. The number of fused-ring (bicyclic) bond motifs is 1. The van der Waals surface area contributed by atoms with Crippen LogP contribution in [-0.4, -0.2) is 54.0 Å². The fraction of sp³-hybridized carbons (Fsp3) is 0.833. The smallest absolute Gasteiger partial charge is 0.316 e. The van der Waals surface area contributed by atoms with Crippen molar-refractivity contribution >= 4 is 23.9 Å². The van der Waals surface area contributed by atoms with Gasteiger partial charge in [-0.05, 0) is 57.8 Å². The summed E-state index contributed by atoms with van der Waals surface area (Å²) >= 11 is 0. The molecule has 182 valence electrons. The molecule has 5 aliphatic rings. The predicted molar refractivity (Wildman–Crippen MR) is 109 cm³/mol. The van der Waals surface area contributed by atoms with Gasteiger partial charge in [0.25, 0.3) is 0 Å². The number of hydrogen-bond donors (Lipinski definition) is 0. The van der Waals surface area contributed by atoms with Crippen molar-refractivity contribution in [2.75, 3.05) is 7.11 Å². The van der Waals surface area contributed by atoms with Crippen LogP contribution in [0.2, 0.25) is 0 Å². The van der Waals surface area contributed by atoms with Gasteiger partial charge in [0.15, 0.2) is 0 Å². The molecule has 0 aromatic carbocycles. The molecule has 0 radical (unpaired) electrons. The van der Waals surface area contributed by atoms with E-state index in [1.165, 1.54) is 27.9 Å². The van der Waals surface area contributed by atoms with E-state index in [0.29, 0.717) is 19.3 Å². The fourth-order valence-electron chi connectivity index (χ4n) is 8.93. The van der Waals surface area contributed by atoms with E-state index in [2.05, 4.69) is 0 Å². The SMILES string of the molecule is COC(=O)[C@H]1[C@@H]2C3(C)C(=O)O[C@]2(CC[C@@H]3OC(C)=O)C2CC[C@]3(OC(C)=O)C[C@@]21C[C@@]3(C)F. The summed E-state index contributed by atoms with van der Waals surface area (Å²) in [5.74, 6) is -3.86. The first-order valence-corrected chi connectivity index (χ1v) is 11.7. The highest BCUT2D eigenvalue weighted by molar-refractivity contribution is 5.86. The van der Waals surface area contributed by atoms with Crippen LogP contribution in [0.4, 0.5) is 4.39 Å². The monoisotopic (exact) mass is 466 g/mol. The highest BCUT2D eigenvalue weighted by Gasteiger charge is 2.87. The summed E-state index contributed by atoms with van der Waals surface area (Å²) in [7, 11) is 1.28. The van der Waals surface area contributed by atoms with Crippen LogP contribution < -0.4 is 0 Å². The molecule has 9 atom stereocenters. The van der Waals surface area contributed by atoms with Crippen LogP contribution in [0.15, 0.2) is 0 Å². The van der Waals surface area contributed by atoms with Gasteiger partial charge in [-0.1, -0.05) is 0 Å². The van der Waals surface area contributed by atoms with E-state index < -0.39 is 69.5 Å². The first-order valence-electron chi connectivity index (χ1n) is 11.7. The normalized spacial score (nSPS) is 51.3. The van der Waals surface area contributed by atoms with Crippen LogP contribution in [-0.2, 0) is 38.1 Å². The molecule has 4 aliphatic carbocycles. The summed E-state index contributed by atoms with van der Waals surface area (Å²) in [4.78, 5) is 50.6. The number of carbonyl (C=O) groups is 4. The molecule has 4 saturated carbocycles. The maximum atomic E-state index is 16.3. The van der Waals surface area contributed by atoms with Gasteiger partial charge >= 0.3 is 23.9 Å².